The summed E-state index contributed by atoms with van der Waals surface area (Å²) in [4.78, 5) is 39.2. The van der Waals surface area contributed by atoms with Crippen LogP contribution >= 0.6 is 11.8 Å². The molecule has 8 heteroatoms. The number of hydrogen-bond donors (Lipinski definition) is 0. The molecule has 2 amide bonds. The average molecular weight is 377 g/mol. The van der Waals surface area contributed by atoms with Crippen molar-refractivity contribution >= 4 is 29.3 Å². The Morgan fingerprint density at radius 2 is 1.92 bits per heavy atom. The summed E-state index contributed by atoms with van der Waals surface area (Å²) in [6.07, 6.45) is 1.47. The van der Waals surface area contributed by atoms with Gasteiger partial charge in [0.15, 0.2) is 0 Å². The number of nitro benzene ring substituents is 1. The molecule has 0 atom stereocenters. The van der Waals surface area contributed by atoms with E-state index >= 15 is 0 Å². The number of carbonyl (C=O) groups is 2. The summed E-state index contributed by atoms with van der Waals surface area (Å²) < 4.78 is 0. The third kappa shape index (κ3) is 3.42. The van der Waals surface area contributed by atoms with E-state index in [1.165, 1.54) is 18.2 Å². The number of non-ortho nitro benzene ring substituents is 1. The number of rotatable bonds is 3. The maximum absolute atomic E-state index is 12.7. The predicted octanol–water partition coefficient (Wildman–Crippen LogP) is 2.76. The van der Waals surface area contributed by atoms with Crippen LogP contribution in [-0.4, -0.2) is 56.8 Å². The van der Waals surface area contributed by atoms with Gasteiger partial charge in [-0.1, -0.05) is 19.9 Å². The summed E-state index contributed by atoms with van der Waals surface area (Å²) >= 11 is 1.81. The molecule has 1 spiro atoms. The molecular weight excluding hydrogens is 354 g/mol. The first-order valence-corrected chi connectivity index (χ1v) is 9.82. The molecule has 1 aromatic carbocycles. The van der Waals surface area contributed by atoms with E-state index in [9.17, 15) is 19.7 Å². The van der Waals surface area contributed by atoms with Crippen LogP contribution in [0.2, 0.25) is 0 Å². The van der Waals surface area contributed by atoms with E-state index in [1.807, 2.05) is 30.5 Å². The van der Waals surface area contributed by atoms with Crippen LogP contribution in [0.4, 0.5) is 5.69 Å². The van der Waals surface area contributed by atoms with Crippen LogP contribution in [0.5, 0.6) is 0 Å². The van der Waals surface area contributed by atoms with Crippen LogP contribution in [0.15, 0.2) is 24.3 Å². The summed E-state index contributed by atoms with van der Waals surface area (Å²) in [7, 11) is 0. The Balaban J connectivity index is 1.70. The van der Waals surface area contributed by atoms with Crippen molar-refractivity contribution in [3.8, 4) is 0 Å². The van der Waals surface area contributed by atoms with E-state index in [-0.39, 0.29) is 28.3 Å². The summed E-state index contributed by atoms with van der Waals surface area (Å²) in [5, 5.41) is 10.9. The second-order valence-corrected chi connectivity index (χ2v) is 8.50. The number of benzene rings is 1. The molecule has 0 aromatic heterocycles. The van der Waals surface area contributed by atoms with Crippen LogP contribution < -0.4 is 0 Å². The smallest absolute Gasteiger partial charge is 0.270 e. The summed E-state index contributed by atoms with van der Waals surface area (Å²) in [6.45, 7) is 5.70. The first kappa shape index (κ1) is 18.7. The van der Waals surface area contributed by atoms with Gasteiger partial charge in [0, 0.05) is 49.0 Å². The number of hydrogen-bond acceptors (Lipinski definition) is 5. The molecule has 2 aliphatic heterocycles. The standard InChI is InChI=1S/C18H23N3O4S/c1-13(2)16(22)20-10-11-26-18(20)6-8-19(9-7-18)17(23)14-4-3-5-15(12-14)21(24)25/h3-5,12-13H,6-11H2,1-2H3. The predicted molar refractivity (Wildman–Crippen MR) is 100.0 cm³/mol. The Kier molecular flexibility index (Phi) is 5.22. The van der Waals surface area contributed by atoms with Crippen LogP contribution in [-0.2, 0) is 4.79 Å². The van der Waals surface area contributed by atoms with Crippen molar-refractivity contribution < 1.29 is 14.5 Å². The third-order valence-electron chi connectivity index (χ3n) is 5.07. The average Bonchev–Trinajstić information content (AvgIpc) is 3.04. The van der Waals surface area contributed by atoms with E-state index in [1.54, 1.807) is 11.0 Å². The quantitative estimate of drug-likeness (QED) is 0.597. The topological polar surface area (TPSA) is 83.8 Å². The van der Waals surface area contributed by atoms with Crippen LogP contribution in [0.1, 0.15) is 37.0 Å². The van der Waals surface area contributed by atoms with E-state index in [4.69, 9.17) is 0 Å². The van der Waals surface area contributed by atoms with Gasteiger partial charge in [0.25, 0.3) is 11.6 Å². The van der Waals surface area contributed by atoms with Gasteiger partial charge in [-0.15, -0.1) is 11.8 Å². The molecular formula is C18H23N3O4S. The summed E-state index contributed by atoms with van der Waals surface area (Å²) in [6, 6.07) is 5.85. The van der Waals surface area contributed by atoms with Gasteiger partial charge >= 0.3 is 0 Å². The zero-order chi connectivity index (χ0) is 18.9. The zero-order valence-electron chi connectivity index (χ0n) is 15.0. The molecule has 0 aliphatic carbocycles. The number of nitro groups is 1. The molecule has 2 fully saturated rings. The molecule has 140 valence electrons. The van der Waals surface area contributed by atoms with Crippen molar-refractivity contribution in [1.29, 1.82) is 0 Å². The highest BCUT2D eigenvalue weighted by Crippen LogP contribution is 2.44. The Morgan fingerprint density at radius 3 is 2.54 bits per heavy atom. The van der Waals surface area contributed by atoms with Gasteiger partial charge in [-0.3, -0.25) is 19.7 Å². The minimum absolute atomic E-state index is 0.0323. The van der Waals surface area contributed by atoms with Crippen LogP contribution in [0.3, 0.4) is 0 Å². The number of piperidine rings is 1. The monoisotopic (exact) mass is 377 g/mol. The normalized spacial score (nSPS) is 19.2. The lowest BCUT2D eigenvalue weighted by molar-refractivity contribution is -0.384. The van der Waals surface area contributed by atoms with E-state index in [0.29, 0.717) is 18.7 Å². The Bertz CT molecular complexity index is 729. The fraction of sp³-hybridized carbons (Fsp3) is 0.556. The highest BCUT2D eigenvalue weighted by atomic mass is 32.2. The van der Waals surface area contributed by atoms with Gasteiger partial charge in [0.1, 0.15) is 0 Å². The van der Waals surface area contributed by atoms with Crippen molar-refractivity contribution in [2.75, 3.05) is 25.4 Å². The first-order valence-electron chi connectivity index (χ1n) is 8.83. The van der Waals surface area contributed by atoms with E-state index in [0.717, 1.165) is 25.1 Å². The van der Waals surface area contributed by atoms with Crippen LogP contribution in [0.25, 0.3) is 0 Å². The van der Waals surface area contributed by atoms with Gasteiger partial charge < -0.3 is 9.80 Å². The summed E-state index contributed by atoms with van der Waals surface area (Å²) in [5.41, 5.74) is 0.258. The van der Waals surface area contributed by atoms with Gasteiger partial charge in [-0.25, -0.2) is 0 Å². The first-order chi connectivity index (χ1) is 12.3. The second-order valence-electron chi connectivity index (χ2n) is 7.04. The van der Waals surface area contributed by atoms with Gasteiger partial charge in [0.05, 0.1) is 9.79 Å². The largest absolute Gasteiger partial charge is 0.338 e. The molecule has 0 unspecified atom stereocenters. The molecule has 0 saturated carbocycles. The highest BCUT2D eigenvalue weighted by Gasteiger charge is 2.47. The Morgan fingerprint density at radius 1 is 1.23 bits per heavy atom. The molecule has 0 bridgehead atoms. The SMILES string of the molecule is CC(C)C(=O)N1CCSC12CCN(C(=O)c1cccc([N+](=O)[O-])c1)CC2. The molecule has 2 heterocycles. The lowest BCUT2D eigenvalue weighted by atomic mass is 9.99. The number of thioether (sulfide) groups is 1. The molecule has 1 aromatic rings. The minimum Gasteiger partial charge on any atom is -0.338 e. The molecule has 2 saturated heterocycles. The molecule has 3 rings (SSSR count). The summed E-state index contributed by atoms with van der Waals surface area (Å²) in [5.74, 6) is 0.883. The third-order valence-corrected chi connectivity index (χ3v) is 6.63. The molecule has 0 N–H and O–H groups in total. The van der Waals surface area contributed by atoms with Crippen molar-refractivity contribution in [2.45, 2.75) is 31.6 Å². The van der Waals surface area contributed by atoms with Crippen molar-refractivity contribution in [2.24, 2.45) is 5.92 Å². The minimum atomic E-state index is -0.494. The number of carbonyl (C=O) groups excluding carboxylic acids is 2. The van der Waals surface area contributed by atoms with Crippen molar-refractivity contribution in [1.82, 2.24) is 9.80 Å². The lowest BCUT2D eigenvalue weighted by Gasteiger charge is -2.44. The Hall–Kier alpha value is -2.09. The molecule has 7 nitrogen and oxygen atoms in total. The second kappa shape index (κ2) is 7.26. The lowest BCUT2D eigenvalue weighted by Crippen LogP contribution is -2.54. The maximum Gasteiger partial charge on any atom is 0.270 e. The van der Waals surface area contributed by atoms with Crippen molar-refractivity contribution in [3.05, 3.63) is 39.9 Å². The number of nitrogens with zero attached hydrogens (tertiary/aromatic N) is 3. The fourth-order valence-corrected chi connectivity index (χ4v) is 5.10. The molecule has 2 aliphatic rings. The van der Waals surface area contributed by atoms with Gasteiger partial charge in [-0.05, 0) is 18.9 Å². The number of likely N-dealkylation sites (tertiary alicyclic amines) is 1. The van der Waals surface area contributed by atoms with Crippen molar-refractivity contribution in [3.63, 3.8) is 0 Å². The van der Waals surface area contributed by atoms with E-state index in [2.05, 4.69) is 0 Å². The van der Waals surface area contributed by atoms with E-state index < -0.39 is 4.92 Å². The number of amides is 2. The van der Waals surface area contributed by atoms with Gasteiger partial charge in [0.2, 0.25) is 5.91 Å². The Labute approximate surface area is 156 Å². The molecule has 26 heavy (non-hydrogen) atoms. The maximum atomic E-state index is 12.7. The van der Waals surface area contributed by atoms with Crippen LogP contribution in [0, 0.1) is 16.0 Å². The van der Waals surface area contributed by atoms with Gasteiger partial charge in [-0.2, -0.15) is 0 Å². The molecule has 0 radical (unpaired) electrons. The zero-order valence-corrected chi connectivity index (χ0v) is 15.8. The highest BCUT2D eigenvalue weighted by molar-refractivity contribution is 8.00. The fourth-order valence-electron chi connectivity index (χ4n) is 3.64.